The van der Waals surface area contributed by atoms with Crippen LogP contribution in [0.3, 0.4) is 0 Å². The fourth-order valence-electron chi connectivity index (χ4n) is 3.26. The SMILES string of the molecule is O=C(Cn1ccc([C@H]2CCCNC2)n1)NCc1cn[nH]c1-c1cccs1. The monoisotopic (exact) mass is 370 g/mol. The number of H-pyrrole nitrogens is 1. The number of carbonyl (C=O) groups excluding carboxylic acids is 1. The number of aromatic amines is 1. The minimum Gasteiger partial charge on any atom is -0.350 e. The summed E-state index contributed by atoms with van der Waals surface area (Å²) < 4.78 is 1.72. The van der Waals surface area contributed by atoms with E-state index in [4.69, 9.17) is 0 Å². The molecule has 1 aliphatic rings. The molecule has 3 N–H and O–H groups in total. The summed E-state index contributed by atoms with van der Waals surface area (Å²) in [6.07, 6.45) is 5.98. The van der Waals surface area contributed by atoms with Crippen LogP contribution in [0.1, 0.15) is 30.0 Å². The maximum Gasteiger partial charge on any atom is 0.241 e. The zero-order valence-corrected chi connectivity index (χ0v) is 15.3. The quantitative estimate of drug-likeness (QED) is 0.620. The molecule has 0 unspecified atom stereocenters. The summed E-state index contributed by atoms with van der Waals surface area (Å²) in [7, 11) is 0. The van der Waals surface area contributed by atoms with Crippen LogP contribution in [0.4, 0.5) is 0 Å². The number of carbonyl (C=O) groups is 1. The molecule has 0 saturated carbocycles. The number of hydrogen-bond acceptors (Lipinski definition) is 5. The maximum absolute atomic E-state index is 12.3. The number of nitrogens with zero attached hydrogens (tertiary/aromatic N) is 3. The van der Waals surface area contributed by atoms with Crippen molar-refractivity contribution in [2.75, 3.05) is 13.1 Å². The molecule has 7 nitrogen and oxygen atoms in total. The van der Waals surface area contributed by atoms with Gasteiger partial charge >= 0.3 is 0 Å². The first-order chi connectivity index (χ1) is 12.8. The first-order valence-corrected chi connectivity index (χ1v) is 9.74. The predicted molar refractivity (Wildman–Crippen MR) is 101 cm³/mol. The lowest BCUT2D eigenvalue weighted by Gasteiger charge is -2.20. The van der Waals surface area contributed by atoms with Crippen molar-refractivity contribution in [3.63, 3.8) is 0 Å². The largest absolute Gasteiger partial charge is 0.350 e. The fraction of sp³-hybridized carbons (Fsp3) is 0.389. The van der Waals surface area contributed by atoms with E-state index in [9.17, 15) is 4.79 Å². The summed E-state index contributed by atoms with van der Waals surface area (Å²) in [4.78, 5) is 13.4. The van der Waals surface area contributed by atoms with Crippen molar-refractivity contribution in [1.82, 2.24) is 30.6 Å². The molecule has 136 valence electrons. The van der Waals surface area contributed by atoms with E-state index in [-0.39, 0.29) is 12.5 Å². The van der Waals surface area contributed by atoms with Crippen molar-refractivity contribution in [1.29, 1.82) is 0 Å². The van der Waals surface area contributed by atoms with E-state index in [0.717, 1.165) is 41.3 Å². The second-order valence-corrected chi connectivity index (χ2v) is 7.45. The highest BCUT2D eigenvalue weighted by atomic mass is 32.1. The van der Waals surface area contributed by atoms with E-state index in [1.54, 1.807) is 22.2 Å². The Labute approximate surface area is 155 Å². The van der Waals surface area contributed by atoms with Crippen LogP contribution in [0, 0.1) is 0 Å². The molecule has 0 bridgehead atoms. The fourth-order valence-corrected chi connectivity index (χ4v) is 4.02. The van der Waals surface area contributed by atoms with Gasteiger partial charge in [0.25, 0.3) is 0 Å². The van der Waals surface area contributed by atoms with Gasteiger partial charge in [-0.25, -0.2) is 0 Å². The molecule has 4 rings (SSSR count). The molecule has 1 saturated heterocycles. The number of nitrogens with one attached hydrogen (secondary N) is 3. The molecule has 8 heteroatoms. The lowest BCUT2D eigenvalue weighted by atomic mass is 9.97. The molecule has 0 aromatic carbocycles. The molecule has 0 radical (unpaired) electrons. The Bertz CT molecular complexity index is 847. The van der Waals surface area contributed by atoms with E-state index in [1.165, 1.54) is 6.42 Å². The number of piperidine rings is 1. The molecule has 3 aromatic rings. The van der Waals surface area contributed by atoms with E-state index < -0.39 is 0 Å². The second kappa shape index (κ2) is 7.84. The topological polar surface area (TPSA) is 87.6 Å². The Hall–Kier alpha value is -2.45. The molecule has 0 aliphatic carbocycles. The molecule has 3 aromatic heterocycles. The second-order valence-electron chi connectivity index (χ2n) is 6.51. The van der Waals surface area contributed by atoms with Crippen molar-refractivity contribution < 1.29 is 4.79 Å². The molecule has 1 atom stereocenters. The van der Waals surface area contributed by atoms with Gasteiger partial charge in [0, 0.05) is 30.8 Å². The summed E-state index contributed by atoms with van der Waals surface area (Å²) >= 11 is 1.64. The number of rotatable bonds is 6. The highest BCUT2D eigenvalue weighted by molar-refractivity contribution is 7.13. The molecule has 4 heterocycles. The van der Waals surface area contributed by atoms with Crippen LogP contribution >= 0.6 is 11.3 Å². The van der Waals surface area contributed by atoms with Gasteiger partial charge in [0.05, 0.1) is 22.5 Å². The van der Waals surface area contributed by atoms with Crippen LogP contribution in [0.2, 0.25) is 0 Å². The minimum absolute atomic E-state index is 0.0558. The van der Waals surface area contributed by atoms with Crippen molar-refractivity contribution in [3.05, 3.63) is 47.2 Å². The summed E-state index contributed by atoms with van der Waals surface area (Å²) in [5, 5.41) is 20.1. The summed E-state index contributed by atoms with van der Waals surface area (Å²) in [5.74, 6) is 0.395. The molecule has 0 spiro atoms. The van der Waals surface area contributed by atoms with E-state index in [1.807, 2.05) is 29.8 Å². The average molecular weight is 370 g/mol. The van der Waals surface area contributed by atoms with Gasteiger partial charge in [-0.3, -0.25) is 14.6 Å². The van der Waals surface area contributed by atoms with Crippen LogP contribution in [0.15, 0.2) is 36.0 Å². The van der Waals surface area contributed by atoms with Gasteiger partial charge < -0.3 is 10.6 Å². The van der Waals surface area contributed by atoms with Gasteiger partial charge in [-0.05, 0) is 36.9 Å². The highest BCUT2D eigenvalue weighted by Crippen LogP contribution is 2.25. The first kappa shape index (κ1) is 17.0. The smallest absolute Gasteiger partial charge is 0.241 e. The van der Waals surface area contributed by atoms with Crippen molar-refractivity contribution in [2.24, 2.45) is 0 Å². The number of hydrogen-bond donors (Lipinski definition) is 3. The Morgan fingerprint density at radius 1 is 1.42 bits per heavy atom. The zero-order chi connectivity index (χ0) is 17.8. The number of aromatic nitrogens is 4. The summed E-state index contributed by atoms with van der Waals surface area (Å²) in [6, 6.07) is 6.06. The van der Waals surface area contributed by atoms with Crippen LogP contribution in [0.5, 0.6) is 0 Å². The first-order valence-electron chi connectivity index (χ1n) is 8.86. The van der Waals surface area contributed by atoms with Gasteiger partial charge in [0.1, 0.15) is 6.54 Å². The third-order valence-electron chi connectivity index (χ3n) is 4.64. The normalized spacial score (nSPS) is 17.3. The molecular formula is C18H22N6OS. The minimum atomic E-state index is -0.0558. The Balaban J connectivity index is 1.32. The number of thiophene rings is 1. The summed E-state index contributed by atoms with van der Waals surface area (Å²) in [6.45, 7) is 2.73. The van der Waals surface area contributed by atoms with Gasteiger partial charge in [0.15, 0.2) is 0 Å². The van der Waals surface area contributed by atoms with Crippen molar-refractivity contribution in [2.45, 2.75) is 31.8 Å². The predicted octanol–water partition coefficient (Wildman–Crippen LogP) is 2.12. The lowest BCUT2D eigenvalue weighted by molar-refractivity contribution is -0.122. The molecule has 26 heavy (non-hydrogen) atoms. The third kappa shape index (κ3) is 3.86. The highest BCUT2D eigenvalue weighted by Gasteiger charge is 2.18. The van der Waals surface area contributed by atoms with Crippen molar-refractivity contribution in [3.8, 4) is 10.6 Å². The molecule has 1 aliphatic heterocycles. The lowest BCUT2D eigenvalue weighted by Crippen LogP contribution is -2.29. The van der Waals surface area contributed by atoms with Crippen molar-refractivity contribution >= 4 is 17.2 Å². The standard InChI is InChI=1S/C18H22N6OS/c25-17(12-24-7-5-15(23-24)13-3-1-6-19-9-13)20-10-14-11-21-22-18(14)16-4-2-8-26-16/h2,4-5,7-8,11,13,19H,1,3,6,9-10,12H2,(H,20,25)(H,21,22)/t13-/m0/s1. The van der Waals surface area contributed by atoms with Crippen LogP contribution in [0.25, 0.3) is 10.6 Å². The third-order valence-corrected chi connectivity index (χ3v) is 5.53. The number of amides is 1. The molecule has 1 fully saturated rings. The molecular weight excluding hydrogens is 348 g/mol. The molecule has 1 amide bonds. The zero-order valence-electron chi connectivity index (χ0n) is 14.4. The van der Waals surface area contributed by atoms with Gasteiger partial charge in [0.2, 0.25) is 5.91 Å². The van der Waals surface area contributed by atoms with E-state index in [0.29, 0.717) is 12.5 Å². The van der Waals surface area contributed by atoms with Gasteiger partial charge in [-0.15, -0.1) is 11.3 Å². The van der Waals surface area contributed by atoms with Gasteiger partial charge in [-0.1, -0.05) is 6.07 Å². The van der Waals surface area contributed by atoms with Crippen LogP contribution in [-0.4, -0.2) is 39.0 Å². The Kier molecular flexibility index (Phi) is 5.12. The van der Waals surface area contributed by atoms with Crippen LogP contribution < -0.4 is 10.6 Å². The van der Waals surface area contributed by atoms with Gasteiger partial charge in [-0.2, -0.15) is 10.2 Å². The van der Waals surface area contributed by atoms with E-state index >= 15 is 0 Å². The van der Waals surface area contributed by atoms with Crippen LogP contribution in [-0.2, 0) is 17.9 Å². The maximum atomic E-state index is 12.3. The summed E-state index contributed by atoms with van der Waals surface area (Å²) in [5.41, 5.74) is 3.02. The Morgan fingerprint density at radius 3 is 3.19 bits per heavy atom. The van der Waals surface area contributed by atoms with E-state index in [2.05, 4.69) is 25.9 Å². The Morgan fingerprint density at radius 2 is 2.38 bits per heavy atom. The average Bonchev–Trinajstić information content (AvgIpc) is 3.41.